The summed E-state index contributed by atoms with van der Waals surface area (Å²) in [7, 11) is 0. The van der Waals surface area contributed by atoms with Crippen molar-refractivity contribution in [2.24, 2.45) is 5.92 Å². The van der Waals surface area contributed by atoms with Gasteiger partial charge >= 0.3 is 0 Å². The summed E-state index contributed by atoms with van der Waals surface area (Å²) in [4.78, 5) is 25.6. The zero-order chi connectivity index (χ0) is 21.0. The Kier molecular flexibility index (Phi) is 6.64. The lowest BCUT2D eigenvalue weighted by Gasteiger charge is -2.20. The van der Waals surface area contributed by atoms with Crippen molar-refractivity contribution in [3.05, 3.63) is 41.5 Å². The molecule has 2 amide bonds. The fourth-order valence-corrected chi connectivity index (χ4v) is 3.47. The van der Waals surface area contributed by atoms with Crippen molar-refractivity contribution < 1.29 is 9.59 Å². The van der Waals surface area contributed by atoms with Gasteiger partial charge in [-0.2, -0.15) is 0 Å². The van der Waals surface area contributed by atoms with Crippen LogP contribution in [0.5, 0.6) is 0 Å². The van der Waals surface area contributed by atoms with Gasteiger partial charge in [0.1, 0.15) is 5.82 Å². The number of hydrogen-bond acceptors (Lipinski definition) is 5. The second-order valence-electron chi connectivity index (χ2n) is 7.92. The summed E-state index contributed by atoms with van der Waals surface area (Å²) in [6.45, 7) is 10.6. The number of nitrogens with one attached hydrogen (secondary N) is 2. The molecular weight excluding hydrogens is 368 g/mol. The van der Waals surface area contributed by atoms with Crippen molar-refractivity contribution in [2.45, 2.75) is 53.2 Å². The van der Waals surface area contributed by atoms with Gasteiger partial charge < -0.3 is 15.2 Å². The number of anilines is 1. The highest BCUT2D eigenvalue weighted by Gasteiger charge is 2.23. The molecule has 0 fully saturated rings. The molecular formula is C21H30N6O2. The Labute approximate surface area is 171 Å². The van der Waals surface area contributed by atoms with Crippen LogP contribution in [0.4, 0.5) is 5.69 Å². The van der Waals surface area contributed by atoms with Crippen LogP contribution in [0.25, 0.3) is 0 Å². The van der Waals surface area contributed by atoms with Crippen LogP contribution in [-0.4, -0.2) is 44.6 Å². The first-order valence-electron chi connectivity index (χ1n) is 10.1. The third kappa shape index (κ3) is 5.41. The van der Waals surface area contributed by atoms with Crippen molar-refractivity contribution in [2.75, 3.05) is 18.4 Å². The summed E-state index contributed by atoms with van der Waals surface area (Å²) >= 11 is 0. The third-order valence-electron chi connectivity index (χ3n) is 5.10. The van der Waals surface area contributed by atoms with Crippen molar-refractivity contribution in [3.63, 3.8) is 0 Å². The van der Waals surface area contributed by atoms with E-state index in [-0.39, 0.29) is 23.8 Å². The lowest BCUT2D eigenvalue weighted by Crippen LogP contribution is -2.32. The Hall–Kier alpha value is -2.74. The topological polar surface area (TPSA) is 92.2 Å². The number of benzene rings is 1. The highest BCUT2D eigenvalue weighted by Crippen LogP contribution is 2.18. The summed E-state index contributed by atoms with van der Waals surface area (Å²) in [5.41, 5.74) is 2.01. The van der Waals surface area contributed by atoms with Crippen LogP contribution in [0.3, 0.4) is 0 Å². The average molecular weight is 399 g/mol. The Balaban J connectivity index is 1.61. The van der Waals surface area contributed by atoms with E-state index in [0.717, 1.165) is 49.9 Å². The maximum Gasteiger partial charge on any atom is 0.223 e. The Morgan fingerprint density at radius 2 is 1.79 bits per heavy atom. The quantitative estimate of drug-likeness (QED) is 0.778. The Morgan fingerprint density at radius 3 is 2.45 bits per heavy atom. The minimum atomic E-state index is -0.168. The number of rotatable bonds is 6. The van der Waals surface area contributed by atoms with Gasteiger partial charge in [-0.1, -0.05) is 26.0 Å². The number of hydrogen-bond donors (Lipinski definition) is 2. The predicted molar refractivity (Wildman–Crippen MR) is 111 cm³/mol. The molecule has 2 heterocycles. The van der Waals surface area contributed by atoms with E-state index in [9.17, 15) is 9.59 Å². The molecule has 1 aromatic carbocycles. The number of amides is 2. The number of nitrogens with zero attached hydrogens (tertiary/aromatic N) is 4. The Bertz CT molecular complexity index is 859. The van der Waals surface area contributed by atoms with Crippen LogP contribution in [0.15, 0.2) is 24.3 Å². The first-order valence-corrected chi connectivity index (χ1v) is 10.1. The van der Waals surface area contributed by atoms with Gasteiger partial charge in [-0.05, 0) is 24.6 Å². The molecule has 156 valence electrons. The van der Waals surface area contributed by atoms with Crippen LogP contribution in [0, 0.1) is 5.92 Å². The number of fused-ring (bicyclic) bond motifs is 1. The molecule has 8 nitrogen and oxygen atoms in total. The summed E-state index contributed by atoms with van der Waals surface area (Å²) in [5, 5.41) is 14.5. The second kappa shape index (κ2) is 9.17. The van der Waals surface area contributed by atoms with E-state index in [1.807, 2.05) is 45.0 Å². The summed E-state index contributed by atoms with van der Waals surface area (Å²) < 4.78 is 2.14. The van der Waals surface area contributed by atoms with Crippen LogP contribution < -0.4 is 10.6 Å². The minimum Gasteiger partial charge on any atom is -0.346 e. The first kappa shape index (κ1) is 21.0. The average Bonchev–Trinajstić information content (AvgIpc) is 2.97. The van der Waals surface area contributed by atoms with Crippen molar-refractivity contribution in [1.82, 2.24) is 25.0 Å². The van der Waals surface area contributed by atoms with Gasteiger partial charge in [-0.25, -0.2) is 0 Å². The molecule has 0 bridgehead atoms. The van der Waals surface area contributed by atoms with Gasteiger partial charge in [-0.15, -0.1) is 10.2 Å². The molecule has 1 atom stereocenters. The normalized spacial score (nSPS) is 15.5. The molecule has 1 aliphatic heterocycles. The third-order valence-corrected chi connectivity index (χ3v) is 5.10. The van der Waals surface area contributed by atoms with E-state index in [2.05, 4.69) is 30.3 Å². The second-order valence-corrected chi connectivity index (χ2v) is 7.92. The van der Waals surface area contributed by atoms with Crippen LogP contribution >= 0.6 is 0 Å². The van der Waals surface area contributed by atoms with Gasteiger partial charge in [0.05, 0.1) is 6.04 Å². The van der Waals surface area contributed by atoms with Crippen LogP contribution in [-0.2, 0) is 29.1 Å². The standard InChI is InChI=1S/C21H30N6O2/c1-14(2)21(29)22-15(3)20-25-24-19-9-10-26(11-12-27(19)20)13-17-5-7-18(8-6-17)23-16(4)28/h5-8,14-15H,9-13H2,1-4H3,(H,22,29)(H,23,28)/t15-/m1/s1. The van der Waals surface area contributed by atoms with E-state index in [1.54, 1.807) is 0 Å². The molecule has 0 radical (unpaired) electrons. The SMILES string of the molecule is CC(=O)Nc1ccc(CN2CCc3nnc([C@@H](C)NC(=O)C(C)C)n3CC2)cc1. The zero-order valence-corrected chi connectivity index (χ0v) is 17.6. The smallest absolute Gasteiger partial charge is 0.223 e. The molecule has 3 rings (SSSR count). The van der Waals surface area contributed by atoms with Crippen LogP contribution in [0.1, 0.15) is 50.9 Å². The maximum atomic E-state index is 12.0. The number of carbonyl (C=O) groups is 2. The molecule has 1 aliphatic rings. The molecule has 2 aromatic rings. The van der Waals surface area contributed by atoms with E-state index >= 15 is 0 Å². The summed E-state index contributed by atoms with van der Waals surface area (Å²) in [5.74, 6) is 1.68. The highest BCUT2D eigenvalue weighted by atomic mass is 16.2. The molecule has 2 N–H and O–H groups in total. The van der Waals surface area contributed by atoms with Gasteiger partial charge in [0, 0.05) is 51.1 Å². The molecule has 0 unspecified atom stereocenters. The molecule has 1 aromatic heterocycles. The largest absolute Gasteiger partial charge is 0.346 e. The molecule has 0 saturated heterocycles. The Morgan fingerprint density at radius 1 is 1.07 bits per heavy atom. The molecule has 0 aliphatic carbocycles. The highest BCUT2D eigenvalue weighted by molar-refractivity contribution is 5.88. The summed E-state index contributed by atoms with van der Waals surface area (Å²) in [6.07, 6.45) is 0.821. The van der Waals surface area contributed by atoms with Gasteiger partial charge in [0.15, 0.2) is 5.82 Å². The lowest BCUT2D eigenvalue weighted by molar-refractivity contribution is -0.124. The molecule has 29 heavy (non-hydrogen) atoms. The molecule has 8 heteroatoms. The van der Waals surface area contributed by atoms with Crippen molar-refractivity contribution >= 4 is 17.5 Å². The number of carbonyl (C=O) groups excluding carboxylic acids is 2. The number of aromatic nitrogens is 3. The summed E-state index contributed by atoms with van der Waals surface area (Å²) in [6, 6.07) is 7.79. The predicted octanol–water partition coefficient (Wildman–Crippen LogP) is 2.13. The first-order chi connectivity index (χ1) is 13.8. The fourth-order valence-electron chi connectivity index (χ4n) is 3.47. The fraction of sp³-hybridized carbons (Fsp3) is 0.524. The zero-order valence-electron chi connectivity index (χ0n) is 17.6. The van der Waals surface area contributed by atoms with Gasteiger partial charge in [0.2, 0.25) is 11.8 Å². The van der Waals surface area contributed by atoms with E-state index in [4.69, 9.17) is 0 Å². The van der Waals surface area contributed by atoms with E-state index < -0.39 is 0 Å². The van der Waals surface area contributed by atoms with Crippen molar-refractivity contribution in [3.8, 4) is 0 Å². The van der Waals surface area contributed by atoms with Gasteiger partial charge in [0.25, 0.3) is 0 Å². The van der Waals surface area contributed by atoms with Gasteiger partial charge in [-0.3, -0.25) is 14.5 Å². The van der Waals surface area contributed by atoms with Crippen molar-refractivity contribution in [1.29, 1.82) is 0 Å². The van der Waals surface area contributed by atoms with E-state index in [1.165, 1.54) is 12.5 Å². The lowest BCUT2D eigenvalue weighted by atomic mass is 10.2. The van der Waals surface area contributed by atoms with E-state index in [0.29, 0.717) is 0 Å². The maximum absolute atomic E-state index is 12.0. The molecule has 0 spiro atoms. The molecule has 0 saturated carbocycles. The van der Waals surface area contributed by atoms with Crippen LogP contribution in [0.2, 0.25) is 0 Å². The monoisotopic (exact) mass is 398 g/mol. The minimum absolute atomic E-state index is 0.0211.